The number of piperazine rings is 1. The first-order chi connectivity index (χ1) is 15.0. The number of aliphatic imine (C=N–C) groups is 1. The summed E-state index contributed by atoms with van der Waals surface area (Å²) in [5.41, 5.74) is 0. The molecule has 2 fully saturated rings. The van der Waals surface area contributed by atoms with Crippen molar-refractivity contribution in [3.63, 3.8) is 0 Å². The third-order valence-corrected chi connectivity index (χ3v) is 6.10. The quantitative estimate of drug-likeness (QED) is 0.297. The number of hydrogen-bond acceptors (Lipinski definition) is 6. The zero-order chi connectivity index (χ0) is 22.2. The van der Waals surface area contributed by atoms with E-state index in [4.69, 9.17) is 0 Å². The predicted octanol–water partition coefficient (Wildman–Crippen LogP) is 1.42. The minimum absolute atomic E-state index is 0. The Hall–Kier alpha value is -1.69. The van der Waals surface area contributed by atoms with Crippen LogP contribution < -0.4 is 15.5 Å². The van der Waals surface area contributed by atoms with Crippen LogP contribution in [0.4, 0.5) is 5.95 Å². The molecule has 10 heteroatoms. The van der Waals surface area contributed by atoms with Crippen LogP contribution in [0.15, 0.2) is 23.5 Å². The fourth-order valence-corrected chi connectivity index (χ4v) is 4.14. The van der Waals surface area contributed by atoms with Gasteiger partial charge >= 0.3 is 0 Å². The lowest BCUT2D eigenvalue weighted by Gasteiger charge is -2.34. The van der Waals surface area contributed by atoms with Gasteiger partial charge in [-0.25, -0.2) is 9.97 Å². The zero-order valence-corrected chi connectivity index (χ0v) is 22.2. The highest BCUT2D eigenvalue weighted by Crippen LogP contribution is 2.18. The molecule has 2 N–H and O–H groups in total. The van der Waals surface area contributed by atoms with E-state index in [0.717, 1.165) is 44.6 Å². The monoisotopic (exact) mass is 558 g/mol. The molecule has 180 valence electrons. The van der Waals surface area contributed by atoms with E-state index in [1.807, 2.05) is 11.0 Å². The number of carbonyl (C=O) groups excluding carboxylic acids is 1. The summed E-state index contributed by atoms with van der Waals surface area (Å²) in [5.74, 6) is 2.27. The first-order valence-electron chi connectivity index (χ1n) is 11.6. The topological polar surface area (TPSA) is 89.0 Å². The first kappa shape index (κ1) is 26.6. The summed E-state index contributed by atoms with van der Waals surface area (Å²) in [6, 6.07) is 2.75. The maximum Gasteiger partial charge on any atom is 0.225 e. The van der Waals surface area contributed by atoms with Gasteiger partial charge in [-0.1, -0.05) is 6.92 Å². The number of nitrogens with one attached hydrogen (secondary N) is 2. The van der Waals surface area contributed by atoms with E-state index in [2.05, 4.69) is 63.1 Å². The second-order valence-corrected chi connectivity index (χ2v) is 8.70. The van der Waals surface area contributed by atoms with Gasteiger partial charge in [-0.05, 0) is 32.8 Å². The summed E-state index contributed by atoms with van der Waals surface area (Å²) < 4.78 is 0. The lowest BCUT2D eigenvalue weighted by molar-refractivity contribution is -0.131. The number of nitrogens with zero attached hydrogens (tertiary/aromatic N) is 6. The first-order valence-corrected chi connectivity index (χ1v) is 11.6. The Morgan fingerprint density at radius 1 is 1.19 bits per heavy atom. The van der Waals surface area contributed by atoms with Crippen LogP contribution in [0.25, 0.3) is 0 Å². The Labute approximate surface area is 209 Å². The van der Waals surface area contributed by atoms with Crippen molar-refractivity contribution in [3.8, 4) is 0 Å². The molecule has 9 nitrogen and oxygen atoms in total. The van der Waals surface area contributed by atoms with Gasteiger partial charge in [-0.3, -0.25) is 14.7 Å². The predicted molar refractivity (Wildman–Crippen MR) is 140 cm³/mol. The molecule has 2 saturated heterocycles. The van der Waals surface area contributed by atoms with Crippen molar-refractivity contribution in [3.05, 3.63) is 18.5 Å². The fraction of sp³-hybridized carbons (Fsp3) is 0.727. The molecule has 3 heterocycles. The number of guanidine groups is 1. The third-order valence-electron chi connectivity index (χ3n) is 6.10. The number of hydrogen-bond donors (Lipinski definition) is 2. The molecule has 2 aliphatic heterocycles. The van der Waals surface area contributed by atoms with E-state index in [9.17, 15) is 4.79 Å². The molecule has 0 spiro atoms. The van der Waals surface area contributed by atoms with Crippen molar-refractivity contribution in [1.29, 1.82) is 0 Å². The van der Waals surface area contributed by atoms with Crippen LogP contribution in [0.2, 0.25) is 0 Å². The van der Waals surface area contributed by atoms with Crippen molar-refractivity contribution < 1.29 is 4.79 Å². The SMILES string of the molecule is CCNC(=NCCC(=O)N1CCN(c2ncccn2)CC1)NC1CN(C(C)C)CC1C.I. The maximum atomic E-state index is 12.7. The zero-order valence-electron chi connectivity index (χ0n) is 19.8. The second-order valence-electron chi connectivity index (χ2n) is 8.70. The van der Waals surface area contributed by atoms with Crippen LogP contribution >= 0.6 is 24.0 Å². The Morgan fingerprint density at radius 2 is 1.88 bits per heavy atom. The smallest absolute Gasteiger partial charge is 0.225 e. The van der Waals surface area contributed by atoms with E-state index in [1.165, 1.54) is 0 Å². The number of carbonyl (C=O) groups is 1. The van der Waals surface area contributed by atoms with Crippen LogP contribution in [0.3, 0.4) is 0 Å². The molecule has 2 aliphatic rings. The Morgan fingerprint density at radius 3 is 2.47 bits per heavy atom. The molecule has 0 aromatic carbocycles. The highest BCUT2D eigenvalue weighted by molar-refractivity contribution is 14.0. The molecule has 2 atom stereocenters. The molecule has 0 saturated carbocycles. The minimum atomic E-state index is 0. The standard InChI is InChI=1S/C22H38N8O.HI/c1-5-23-21(27-19-16-30(17(2)3)15-18(19)4)24-10-7-20(31)28-11-13-29(14-12-28)22-25-8-6-9-26-22;/h6,8-9,17-19H,5,7,10-16H2,1-4H3,(H2,23,24,27);1H. The van der Waals surface area contributed by atoms with Crippen molar-refractivity contribution >= 4 is 41.8 Å². The van der Waals surface area contributed by atoms with Crippen LogP contribution in [0, 0.1) is 5.92 Å². The maximum absolute atomic E-state index is 12.7. The molecular formula is C22H39IN8O. The van der Waals surface area contributed by atoms with E-state index in [0.29, 0.717) is 44.1 Å². The van der Waals surface area contributed by atoms with Crippen molar-refractivity contribution in [2.24, 2.45) is 10.9 Å². The molecule has 2 unspecified atom stereocenters. The fourth-order valence-electron chi connectivity index (χ4n) is 4.14. The second kappa shape index (κ2) is 13.1. The third kappa shape index (κ3) is 7.43. The lowest BCUT2D eigenvalue weighted by atomic mass is 10.1. The Kier molecular flexibility index (Phi) is 10.9. The van der Waals surface area contributed by atoms with Crippen molar-refractivity contribution in [2.45, 2.75) is 46.2 Å². The summed E-state index contributed by atoms with van der Waals surface area (Å²) >= 11 is 0. The Bertz CT molecular complexity index is 724. The highest BCUT2D eigenvalue weighted by Gasteiger charge is 2.31. The average Bonchev–Trinajstić information content (AvgIpc) is 3.15. The van der Waals surface area contributed by atoms with Crippen LogP contribution in [0.1, 0.15) is 34.1 Å². The molecule has 1 amide bonds. The Balaban J connectivity index is 0.00000363. The van der Waals surface area contributed by atoms with Gasteiger partial charge in [-0.15, -0.1) is 24.0 Å². The number of amides is 1. The molecule has 0 radical (unpaired) electrons. The van der Waals surface area contributed by atoms with Crippen LogP contribution in [0.5, 0.6) is 0 Å². The number of halogens is 1. The summed E-state index contributed by atoms with van der Waals surface area (Å²) in [6.07, 6.45) is 3.93. The number of aromatic nitrogens is 2. The van der Waals surface area contributed by atoms with Gasteiger partial charge in [0.1, 0.15) is 0 Å². The largest absolute Gasteiger partial charge is 0.357 e. The van der Waals surface area contributed by atoms with Gasteiger partial charge < -0.3 is 20.4 Å². The molecule has 0 bridgehead atoms. The van der Waals surface area contributed by atoms with E-state index < -0.39 is 0 Å². The van der Waals surface area contributed by atoms with Crippen molar-refractivity contribution in [1.82, 2.24) is 30.4 Å². The molecule has 0 aliphatic carbocycles. The van der Waals surface area contributed by atoms with E-state index in [-0.39, 0.29) is 29.9 Å². The summed E-state index contributed by atoms with van der Waals surface area (Å²) in [7, 11) is 0. The molecule has 32 heavy (non-hydrogen) atoms. The summed E-state index contributed by atoms with van der Waals surface area (Å²) in [5, 5.41) is 6.91. The summed E-state index contributed by atoms with van der Waals surface area (Å²) in [6.45, 7) is 15.2. The average molecular weight is 559 g/mol. The molecule has 1 aromatic heterocycles. The normalized spacial score (nSPS) is 22.1. The highest BCUT2D eigenvalue weighted by atomic mass is 127. The lowest BCUT2D eigenvalue weighted by Crippen LogP contribution is -2.49. The van der Waals surface area contributed by atoms with E-state index in [1.54, 1.807) is 12.4 Å². The summed E-state index contributed by atoms with van der Waals surface area (Å²) in [4.78, 5) is 32.5. The molecule has 1 aromatic rings. The molecular weight excluding hydrogens is 519 g/mol. The van der Waals surface area contributed by atoms with Gasteiger partial charge in [0.15, 0.2) is 5.96 Å². The van der Waals surface area contributed by atoms with Gasteiger partial charge in [0.05, 0.1) is 6.54 Å². The minimum Gasteiger partial charge on any atom is -0.357 e. The van der Waals surface area contributed by atoms with E-state index >= 15 is 0 Å². The number of rotatable bonds is 7. The van der Waals surface area contributed by atoms with Crippen LogP contribution in [-0.2, 0) is 4.79 Å². The number of likely N-dealkylation sites (tertiary alicyclic amines) is 1. The van der Waals surface area contributed by atoms with Gasteiger partial charge in [-0.2, -0.15) is 0 Å². The van der Waals surface area contributed by atoms with Crippen LogP contribution in [-0.4, -0.2) is 96.1 Å². The van der Waals surface area contributed by atoms with Gasteiger partial charge in [0.25, 0.3) is 0 Å². The molecule has 3 rings (SSSR count). The van der Waals surface area contributed by atoms with Gasteiger partial charge in [0, 0.05) is 76.7 Å². The van der Waals surface area contributed by atoms with Gasteiger partial charge in [0.2, 0.25) is 11.9 Å². The van der Waals surface area contributed by atoms with Crippen molar-refractivity contribution in [2.75, 3.05) is 57.3 Å². The number of anilines is 1.